The predicted octanol–water partition coefficient (Wildman–Crippen LogP) is 1.03. The molecule has 0 spiro atoms. The zero-order valence-electron chi connectivity index (χ0n) is 13.6. The number of hydrogen-bond acceptors (Lipinski definition) is 5. The molecule has 0 aliphatic carbocycles. The van der Waals surface area contributed by atoms with Gasteiger partial charge in [-0.05, 0) is 38.0 Å². The Morgan fingerprint density at radius 2 is 2.00 bits per heavy atom. The maximum atomic E-state index is 12.4. The molecule has 0 unspecified atom stereocenters. The third-order valence-electron chi connectivity index (χ3n) is 4.02. The van der Waals surface area contributed by atoms with Crippen LogP contribution in [0.3, 0.4) is 0 Å². The molecule has 122 valence electrons. The van der Waals surface area contributed by atoms with E-state index in [4.69, 9.17) is 0 Å². The first-order chi connectivity index (χ1) is 11.1. The molecular weight excluding hydrogens is 292 g/mol. The highest BCUT2D eigenvalue weighted by Gasteiger charge is 2.20. The van der Waals surface area contributed by atoms with Crippen LogP contribution in [0, 0.1) is 13.8 Å². The van der Waals surface area contributed by atoms with Gasteiger partial charge in [0.25, 0.3) is 0 Å². The van der Waals surface area contributed by atoms with E-state index in [1.54, 1.807) is 10.9 Å². The largest absolute Gasteiger partial charge is 0.353 e. The Morgan fingerprint density at radius 3 is 2.70 bits per heavy atom. The van der Waals surface area contributed by atoms with Crippen molar-refractivity contribution in [2.24, 2.45) is 0 Å². The fraction of sp³-hybridized carbons (Fsp3) is 0.500. The van der Waals surface area contributed by atoms with Crippen LogP contribution >= 0.6 is 0 Å². The third-order valence-corrected chi connectivity index (χ3v) is 4.02. The summed E-state index contributed by atoms with van der Waals surface area (Å²) >= 11 is 0. The molecule has 7 heteroatoms. The van der Waals surface area contributed by atoms with E-state index in [9.17, 15) is 4.79 Å². The minimum absolute atomic E-state index is 0.116. The van der Waals surface area contributed by atoms with Crippen molar-refractivity contribution in [3.05, 3.63) is 35.8 Å². The molecule has 0 radical (unpaired) electrons. The molecule has 3 heterocycles. The maximum absolute atomic E-state index is 12.4. The lowest BCUT2D eigenvalue weighted by molar-refractivity contribution is -0.131. The van der Waals surface area contributed by atoms with Crippen LogP contribution < -0.4 is 4.90 Å². The molecule has 2 aromatic heterocycles. The molecule has 1 amide bonds. The third kappa shape index (κ3) is 3.85. The van der Waals surface area contributed by atoms with Gasteiger partial charge in [-0.25, -0.2) is 0 Å². The molecule has 0 atom stereocenters. The lowest BCUT2D eigenvalue weighted by Crippen LogP contribution is -2.37. The number of rotatable bonds is 3. The minimum Gasteiger partial charge on any atom is -0.353 e. The van der Waals surface area contributed by atoms with E-state index in [-0.39, 0.29) is 5.91 Å². The van der Waals surface area contributed by atoms with E-state index in [1.807, 2.05) is 37.1 Å². The van der Waals surface area contributed by atoms with Crippen LogP contribution in [0.4, 0.5) is 5.82 Å². The first-order valence-electron chi connectivity index (χ1n) is 7.94. The van der Waals surface area contributed by atoms with Gasteiger partial charge in [0, 0.05) is 32.4 Å². The van der Waals surface area contributed by atoms with Crippen LogP contribution in [0.1, 0.15) is 17.7 Å². The number of anilines is 1. The van der Waals surface area contributed by atoms with Gasteiger partial charge in [-0.2, -0.15) is 10.2 Å². The number of nitrogens with zero attached hydrogens (tertiary/aromatic N) is 6. The zero-order valence-corrected chi connectivity index (χ0v) is 13.6. The Kier molecular flexibility index (Phi) is 4.55. The fourth-order valence-electron chi connectivity index (χ4n) is 2.75. The molecule has 1 aliphatic rings. The van der Waals surface area contributed by atoms with E-state index in [0.717, 1.165) is 43.1 Å². The Labute approximate surface area is 135 Å². The normalized spacial score (nSPS) is 15.6. The van der Waals surface area contributed by atoms with Crippen molar-refractivity contribution >= 4 is 11.7 Å². The van der Waals surface area contributed by atoms with Gasteiger partial charge in [-0.3, -0.25) is 9.48 Å². The quantitative estimate of drug-likeness (QED) is 0.846. The summed E-state index contributed by atoms with van der Waals surface area (Å²) in [6.45, 7) is 7.35. The summed E-state index contributed by atoms with van der Waals surface area (Å²) < 4.78 is 1.70. The van der Waals surface area contributed by atoms with Crippen molar-refractivity contribution in [1.29, 1.82) is 0 Å². The van der Waals surface area contributed by atoms with Crippen LogP contribution in [-0.2, 0) is 11.3 Å². The standard InChI is InChI=1S/C16H22N6O/c1-13-10-17-22(11-13)12-16(23)21-7-3-6-20(8-9-21)15-5-4-14(2)18-19-15/h4-5,10-11H,3,6-9,12H2,1-2H3. The molecule has 1 aliphatic heterocycles. The first kappa shape index (κ1) is 15.5. The van der Waals surface area contributed by atoms with Crippen molar-refractivity contribution < 1.29 is 4.79 Å². The van der Waals surface area contributed by atoms with Gasteiger partial charge >= 0.3 is 0 Å². The number of carbonyl (C=O) groups excluding carboxylic acids is 1. The monoisotopic (exact) mass is 314 g/mol. The summed E-state index contributed by atoms with van der Waals surface area (Å²) in [5.74, 6) is 0.998. The fourth-order valence-corrected chi connectivity index (χ4v) is 2.75. The van der Waals surface area contributed by atoms with Crippen LogP contribution in [-0.4, -0.2) is 57.0 Å². The molecule has 0 aromatic carbocycles. The summed E-state index contributed by atoms with van der Waals surface area (Å²) in [4.78, 5) is 16.5. The summed E-state index contributed by atoms with van der Waals surface area (Å²) in [7, 11) is 0. The SMILES string of the molecule is Cc1cnn(CC(=O)N2CCCN(c3ccc(C)nn3)CC2)c1. The smallest absolute Gasteiger partial charge is 0.244 e. The van der Waals surface area contributed by atoms with E-state index < -0.39 is 0 Å². The van der Waals surface area contributed by atoms with Gasteiger partial charge in [-0.15, -0.1) is 5.10 Å². The second-order valence-electron chi connectivity index (χ2n) is 5.97. The van der Waals surface area contributed by atoms with Gasteiger partial charge in [0.1, 0.15) is 6.54 Å². The summed E-state index contributed by atoms with van der Waals surface area (Å²) in [6, 6.07) is 3.96. The van der Waals surface area contributed by atoms with Gasteiger partial charge in [0.2, 0.25) is 5.91 Å². The predicted molar refractivity (Wildman–Crippen MR) is 87.1 cm³/mol. The van der Waals surface area contributed by atoms with Crippen LogP contribution in [0.2, 0.25) is 0 Å². The molecule has 0 saturated carbocycles. The number of hydrogen-bond donors (Lipinski definition) is 0. The highest BCUT2D eigenvalue weighted by Crippen LogP contribution is 2.13. The van der Waals surface area contributed by atoms with E-state index in [2.05, 4.69) is 20.2 Å². The zero-order chi connectivity index (χ0) is 16.2. The van der Waals surface area contributed by atoms with Crippen molar-refractivity contribution in [2.75, 3.05) is 31.1 Å². The summed E-state index contributed by atoms with van der Waals surface area (Å²) in [6.07, 6.45) is 4.59. The van der Waals surface area contributed by atoms with Crippen LogP contribution in [0.5, 0.6) is 0 Å². The molecule has 23 heavy (non-hydrogen) atoms. The Balaban J connectivity index is 1.59. The van der Waals surface area contributed by atoms with Crippen molar-refractivity contribution in [1.82, 2.24) is 24.9 Å². The average Bonchev–Trinajstić information content (AvgIpc) is 2.80. The lowest BCUT2D eigenvalue weighted by atomic mass is 10.3. The first-order valence-corrected chi connectivity index (χ1v) is 7.94. The summed E-state index contributed by atoms with van der Waals surface area (Å²) in [5, 5.41) is 12.5. The summed E-state index contributed by atoms with van der Waals surface area (Å²) in [5.41, 5.74) is 1.98. The van der Waals surface area contributed by atoms with Gasteiger partial charge in [0.05, 0.1) is 11.9 Å². The highest BCUT2D eigenvalue weighted by molar-refractivity contribution is 5.76. The number of aromatic nitrogens is 4. The Morgan fingerprint density at radius 1 is 1.13 bits per heavy atom. The molecular formula is C16H22N6O. The molecule has 1 fully saturated rings. The van der Waals surface area contributed by atoms with Gasteiger partial charge in [0.15, 0.2) is 5.82 Å². The molecule has 3 rings (SSSR count). The minimum atomic E-state index is 0.116. The van der Waals surface area contributed by atoms with Gasteiger partial charge < -0.3 is 9.80 Å². The molecule has 7 nitrogen and oxygen atoms in total. The second-order valence-corrected chi connectivity index (χ2v) is 5.97. The molecule has 0 N–H and O–H groups in total. The van der Waals surface area contributed by atoms with E-state index in [0.29, 0.717) is 13.1 Å². The van der Waals surface area contributed by atoms with Crippen molar-refractivity contribution in [3.63, 3.8) is 0 Å². The molecule has 0 bridgehead atoms. The molecule has 2 aromatic rings. The number of aryl methyl sites for hydroxylation is 2. The second kappa shape index (κ2) is 6.76. The van der Waals surface area contributed by atoms with Crippen molar-refractivity contribution in [3.8, 4) is 0 Å². The Bertz CT molecular complexity index is 665. The van der Waals surface area contributed by atoms with Crippen LogP contribution in [0.25, 0.3) is 0 Å². The average molecular weight is 314 g/mol. The van der Waals surface area contributed by atoms with Gasteiger partial charge in [-0.1, -0.05) is 0 Å². The Hall–Kier alpha value is -2.44. The van der Waals surface area contributed by atoms with E-state index in [1.165, 1.54) is 0 Å². The number of amides is 1. The highest BCUT2D eigenvalue weighted by atomic mass is 16.2. The lowest BCUT2D eigenvalue weighted by Gasteiger charge is -2.22. The van der Waals surface area contributed by atoms with Crippen LogP contribution in [0.15, 0.2) is 24.5 Å². The maximum Gasteiger partial charge on any atom is 0.244 e. The van der Waals surface area contributed by atoms with E-state index >= 15 is 0 Å². The number of carbonyl (C=O) groups is 1. The topological polar surface area (TPSA) is 67.2 Å². The molecule has 1 saturated heterocycles. The van der Waals surface area contributed by atoms with Crippen molar-refractivity contribution in [2.45, 2.75) is 26.8 Å².